The van der Waals surface area contributed by atoms with Crippen LogP contribution >= 0.6 is 11.8 Å². The number of carbonyl (C=O) groups is 1. The third kappa shape index (κ3) is 1.69. The van der Waals surface area contributed by atoms with Crippen molar-refractivity contribution in [3.05, 3.63) is 18.2 Å². The summed E-state index contributed by atoms with van der Waals surface area (Å²) in [6, 6.07) is 5.66. The quantitative estimate of drug-likeness (QED) is 0.795. The zero-order chi connectivity index (χ0) is 11.1. The van der Waals surface area contributed by atoms with Gasteiger partial charge in [0.25, 0.3) is 0 Å². The summed E-state index contributed by atoms with van der Waals surface area (Å²) in [5.41, 5.74) is 0.837. The molecule has 4 heteroatoms. The Morgan fingerprint density at radius 1 is 1.40 bits per heavy atom. The van der Waals surface area contributed by atoms with Crippen LogP contribution in [0.25, 0.3) is 0 Å². The molecule has 0 bridgehead atoms. The van der Waals surface area contributed by atoms with Gasteiger partial charge in [-0.25, -0.2) is 0 Å². The summed E-state index contributed by atoms with van der Waals surface area (Å²) in [5, 5.41) is 2.89. The number of thioether (sulfide) groups is 1. The molecule has 1 aromatic rings. The molecule has 1 aromatic carbocycles. The molecule has 0 spiro atoms. The van der Waals surface area contributed by atoms with Crippen LogP contribution < -0.4 is 10.1 Å². The highest BCUT2D eigenvalue weighted by Gasteiger charge is 2.35. The summed E-state index contributed by atoms with van der Waals surface area (Å²) in [5.74, 6) is 0.846. The Hall–Kier alpha value is -1.16. The van der Waals surface area contributed by atoms with Crippen LogP contribution in [0.15, 0.2) is 23.1 Å². The average Bonchev–Trinajstić information content (AvgIpc) is 2.18. The van der Waals surface area contributed by atoms with E-state index in [9.17, 15) is 4.79 Å². The lowest BCUT2D eigenvalue weighted by molar-refractivity contribution is -0.117. The van der Waals surface area contributed by atoms with Gasteiger partial charge in [0.05, 0.1) is 22.4 Å². The van der Waals surface area contributed by atoms with Crippen molar-refractivity contribution in [1.29, 1.82) is 0 Å². The van der Waals surface area contributed by atoms with Crippen LogP contribution in [0.5, 0.6) is 5.75 Å². The molecule has 0 saturated heterocycles. The molecule has 0 atom stereocenters. The van der Waals surface area contributed by atoms with Crippen molar-refractivity contribution in [3.63, 3.8) is 0 Å². The summed E-state index contributed by atoms with van der Waals surface area (Å²) in [6.07, 6.45) is 0. The highest BCUT2D eigenvalue weighted by molar-refractivity contribution is 8.01. The van der Waals surface area contributed by atoms with Crippen molar-refractivity contribution >= 4 is 23.4 Å². The Balaban J connectivity index is 2.50. The van der Waals surface area contributed by atoms with Crippen LogP contribution in [0.3, 0.4) is 0 Å². The van der Waals surface area contributed by atoms with Gasteiger partial charge < -0.3 is 10.1 Å². The summed E-state index contributed by atoms with van der Waals surface area (Å²) < 4.78 is 4.83. The first-order valence-corrected chi connectivity index (χ1v) is 5.54. The van der Waals surface area contributed by atoms with Gasteiger partial charge in [0, 0.05) is 0 Å². The van der Waals surface area contributed by atoms with E-state index in [1.807, 2.05) is 32.0 Å². The van der Waals surface area contributed by atoms with E-state index >= 15 is 0 Å². The maximum absolute atomic E-state index is 11.7. The Morgan fingerprint density at radius 2 is 2.13 bits per heavy atom. The molecule has 1 heterocycles. The summed E-state index contributed by atoms with van der Waals surface area (Å²) in [6.45, 7) is 3.81. The molecule has 1 N–H and O–H groups in total. The number of hydrogen-bond acceptors (Lipinski definition) is 3. The van der Waals surface area contributed by atoms with Crippen molar-refractivity contribution in [3.8, 4) is 5.75 Å². The fourth-order valence-corrected chi connectivity index (χ4v) is 2.59. The van der Waals surface area contributed by atoms with Crippen LogP contribution in [-0.4, -0.2) is 17.8 Å². The van der Waals surface area contributed by atoms with Gasteiger partial charge in [-0.1, -0.05) is 6.07 Å². The van der Waals surface area contributed by atoms with Crippen molar-refractivity contribution in [2.45, 2.75) is 23.5 Å². The zero-order valence-corrected chi connectivity index (χ0v) is 9.77. The monoisotopic (exact) mass is 223 g/mol. The second kappa shape index (κ2) is 3.45. The molecule has 80 valence electrons. The predicted molar refractivity (Wildman–Crippen MR) is 61.6 cm³/mol. The van der Waals surface area contributed by atoms with Crippen LogP contribution in [0.1, 0.15) is 13.8 Å². The van der Waals surface area contributed by atoms with E-state index in [1.165, 1.54) is 11.8 Å². The van der Waals surface area contributed by atoms with Crippen molar-refractivity contribution in [2.75, 3.05) is 12.4 Å². The molecule has 0 radical (unpaired) electrons. The van der Waals surface area contributed by atoms with E-state index in [4.69, 9.17) is 4.74 Å². The molecule has 1 aliphatic heterocycles. The fourth-order valence-electron chi connectivity index (χ4n) is 1.45. The smallest absolute Gasteiger partial charge is 0.240 e. The first kappa shape index (κ1) is 10.4. The number of amides is 1. The molecule has 2 rings (SSSR count). The second-order valence-corrected chi connectivity index (χ2v) is 5.54. The number of fused-ring (bicyclic) bond motifs is 1. The number of rotatable bonds is 1. The van der Waals surface area contributed by atoms with E-state index in [0.29, 0.717) is 0 Å². The van der Waals surface area contributed by atoms with Crippen LogP contribution in [0, 0.1) is 0 Å². The molecular weight excluding hydrogens is 210 g/mol. The van der Waals surface area contributed by atoms with Gasteiger partial charge in [0.1, 0.15) is 5.75 Å². The maximum atomic E-state index is 11.7. The molecule has 0 aliphatic carbocycles. The molecule has 1 aliphatic rings. The Bertz CT molecular complexity index is 415. The Labute approximate surface area is 93.2 Å². The first-order chi connectivity index (χ1) is 7.04. The molecule has 15 heavy (non-hydrogen) atoms. The van der Waals surface area contributed by atoms with Gasteiger partial charge in [-0.05, 0) is 26.0 Å². The molecular formula is C11H13NO2S. The van der Waals surface area contributed by atoms with E-state index in [1.54, 1.807) is 7.11 Å². The standard InChI is InChI=1S/C11H13NO2S/c1-11(2)10(13)12-7-5-4-6-8(14-3)9(7)15-11/h4-6H,1-3H3,(H,12,13). The summed E-state index contributed by atoms with van der Waals surface area (Å²) >= 11 is 1.54. The lowest BCUT2D eigenvalue weighted by Crippen LogP contribution is -2.37. The van der Waals surface area contributed by atoms with Crippen molar-refractivity contribution in [1.82, 2.24) is 0 Å². The van der Waals surface area contributed by atoms with E-state index in [0.717, 1.165) is 16.3 Å². The zero-order valence-electron chi connectivity index (χ0n) is 8.96. The average molecular weight is 223 g/mol. The third-order valence-electron chi connectivity index (χ3n) is 2.35. The third-order valence-corrected chi connectivity index (χ3v) is 3.67. The molecule has 3 nitrogen and oxygen atoms in total. The van der Waals surface area contributed by atoms with Crippen molar-refractivity contribution < 1.29 is 9.53 Å². The normalized spacial score (nSPS) is 17.9. The van der Waals surface area contributed by atoms with Gasteiger partial charge in [-0.3, -0.25) is 4.79 Å². The lowest BCUT2D eigenvalue weighted by Gasteiger charge is -2.30. The van der Waals surface area contributed by atoms with E-state index in [-0.39, 0.29) is 5.91 Å². The number of methoxy groups -OCH3 is 1. The summed E-state index contributed by atoms with van der Waals surface area (Å²) in [7, 11) is 1.64. The van der Waals surface area contributed by atoms with E-state index < -0.39 is 4.75 Å². The topological polar surface area (TPSA) is 38.3 Å². The summed E-state index contributed by atoms with van der Waals surface area (Å²) in [4.78, 5) is 12.7. The largest absolute Gasteiger partial charge is 0.496 e. The number of ether oxygens (including phenoxy) is 1. The highest BCUT2D eigenvalue weighted by atomic mass is 32.2. The van der Waals surface area contributed by atoms with Crippen molar-refractivity contribution in [2.24, 2.45) is 0 Å². The second-order valence-electron chi connectivity index (χ2n) is 3.90. The highest BCUT2D eigenvalue weighted by Crippen LogP contribution is 2.46. The lowest BCUT2D eigenvalue weighted by atomic mass is 10.1. The number of benzene rings is 1. The molecule has 0 unspecified atom stereocenters. The Morgan fingerprint density at radius 3 is 2.80 bits per heavy atom. The molecule has 1 amide bonds. The van der Waals surface area contributed by atoms with Gasteiger partial charge in [0.2, 0.25) is 5.91 Å². The number of anilines is 1. The molecule has 0 saturated carbocycles. The molecule has 0 aromatic heterocycles. The number of nitrogens with one attached hydrogen (secondary N) is 1. The minimum absolute atomic E-state index is 0.0354. The number of hydrogen-bond donors (Lipinski definition) is 1. The van der Waals surface area contributed by atoms with Crippen LogP contribution in [0.4, 0.5) is 5.69 Å². The van der Waals surface area contributed by atoms with Gasteiger partial charge in [-0.15, -0.1) is 11.8 Å². The Kier molecular flexibility index (Phi) is 2.38. The molecule has 0 fully saturated rings. The van der Waals surface area contributed by atoms with Crippen LogP contribution in [-0.2, 0) is 4.79 Å². The minimum Gasteiger partial charge on any atom is -0.496 e. The minimum atomic E-state index is -0.443. The van der Waals surface area contributed by atoms with Gasteiger partial charge in [-0.2, -0.15) is 0 Å². The van der Waals surface area contributed by atoms with Gasteiger partial charge >= 0.3 is 0 Å². The SMILES string of the molecule is COc1cccc2c1SC(C)(C)C(=O)N2. The maximum Gasteiger partial charge on any atom is 0.240 e. The van der Waals surface area contributed by atoms with Gasteiger partial charge in [0.15, 0.2) is 0 Å². The first-order valence-electron chi connectivity index (χ1n) is 4.72. The number of carbonyl (C=O) groups excluding carboxylic acids is 1. The predicted octanol–water partition coefficient (Wildman–Crippen LogP) is 2.52. The fraction of sp³-hybridized carbons (Fsp3) is 0.364. The van der Waals surface area contributed by atoms with E-state index in [2.05, 4.69) is 5.32 Å². The van der Waals surface area contributed by atoms with Crippen LogP contribution in [0.2, 0.25) is 0 Å².